The van der Waals surface area contributed by atoms with E-state index in [0.29, 0.717) is 30.1 Å². The van der Waals surface area contributed by atoms with Crippen LogP contribution in [0.15, 0.2) is 35.6 Å². The Labute approximate surface area is 193 Å². The molecule has 1 aromatic heterocycles. The monoisotopic (exact) mass is 457 g/mol. The lowest BCUT2D eigenvalue weighted by atomic mass is 9.94. The number of rotatable bonds is 10. The first-order valence-corrected chi connectivity index (χ1v) is 11.7. The molecule has 32 heavy (non-hydrogen) atoms. The second-order valence-electron chi connectivity index (χ2n) is 7.75. The van der Waals surface area contributed by atoms with Crippen LogP contribution in [-0.4, -0.2) is 60.0 Å². The maximum Gasteiger partial charge on any atom is 0.290 e. The lowest BCUT2D eigenvalue weighted by Crippen LogP contribution is -2.32. The van der Waals surface area contributed by atoms with Crippen LogP contribution in [0, 0.1) is 13.8 Å². The van der Waals surface area contributed by atoms with Crippen LogP contribution >= 0.6 is 11.3 Å². The van der Waals surface area contributed by atoms with Crippen LogP contribution in [0.5, 0.6) is 0 Å². The van der Waals surface area contributed by atoms with E-state index in [9.17, 15) is 14.7 Å². The van der Waals surface area contributed by atoms with Gasteiger partial charge in [-0.05, 0) is 51.8 Å². The van der Waals surface area contributed by atoms with E-state index >= 15 is 0 Å². The summed E-state index contributed by atoms with van der Waals surface area (Å²) in [5.41, 5.74) is 2.59. The van der Waals surface area contributed by atoms with Gasteiger partial charge in [-0.1, -0.05) is 12.1 Å². The topological polar surface area (TPSA) is 83.0 Å². The molecule has 2 aromatic rings. The molecule has 0 saturated heterocycles. The Morgan fingerprint density at radius 3 is 2.41 bits per heavy atom. The zero-order valence-corrected chi connectivity index (χ0v) is 20.2. The average molecular weight is 458 g/mol. The number of thiazole rings is 1. The van der Waals surface area contributed by atoms with E-state index in [1.54, 1.807) is 18.9 Å². The number of nitrogens with zero attached hydrogens (tertiary/aromatic N) is 3. The number of aryl methyl sites for hydroxylation is 2. The van der Waals surface area contributed by atoms with Gasteiger partial charge in [-0.15, -0.1) is 11.3 Å². The summed E-state index contributed by atoms with van der Waals surface area (Å²) in [5, 5.41) is 11.5. The number of hydrogen-bond donors (Lipinski definition) is 1. The number of carbonyl (C=O) groups excluding carboxylic acids is 2. The minimum atomic E-state index is -0.653. The second kappa shape index (κ2) is 10.3. The van der Waals surface area contributed by atoms with Crippen molar-refractivity contribution >= 4 is 28.7 Å². The van der Waals surface area contributed by atoms with Gasteiger partial charge in [0.05, 0.1) is 27.2 Å². The third-order valence-corrected chi connectivity index (χ3v) is 6.81. The number of amides is 1. The maximum absolute atomic E-state index is 13.5. The molecule has 1 amide bonds. The Morgan fingerprint density at radius 1 is 1.22 bits per heavy atom. The molecule has 172 valence electrons. The molecule has 0 radical (unpaired) electrons. The zero-order chi connectivity index (χ0) is 23.4. The first kappa shape index (κ1) is 23.9. The van der Waals surface area contributed by atoms with Crippen molar-refractivity contribution < 1.29 is 19.4 Å². The van der Waals surface area contributed by atoms with E-state index in [0.717, 1.165) is 29.3 Å². The lowest BCUT2D eigenvalue weighted by molar-refractivity contribution is -0.129. The molecule has 1 aliphatic heterocycles. The number of ketones is 1. The fourth-order valence-corrected chi connectivity index (χ4v) is 5.04. The Bertz CT molecular complexity index is 1010. The number of benzene rings is 1. The molecule has 0 spiro atoms. The fourth-order valence-electron chi connectivity index (χ4n) is 4.16. The molecule has 1 N–H and O–H groups in total. The third kappa shape index (κ3) is 4.56. The number of aromatic nitrogens is 1. The number of methoxy groups -OCH3 is 1. The van der Waals surface area contributed by atoms with Gasteiger partial charge in [-0.3, -0.25) is 9.59 Å². The van der Waals surface area contributed by atoms with Crippen molar-refractivity contribution in [2.45, 2.75) is 40.2 Å². The summed E-state index contributed by atoms with van der Waals surface area (Å²) >= 11 is 1.28. The summed E-state index contributed by atoms with van der Waals surface area (Å²) in [7, 11) is 1.61. The number of ether oxygens (including phenoxy) is 1. The highest BCUT2D eigenvalue weighted by molar-refractivity contribution is 7.14. The number of anilines is 1. The molecule has 1 unspecified atom stereocenters. The predicted octanol–water partition coefficient (Wildman–Crippen LogP) is 4.22. The fraction of sp³-hybridized carbons (Fsp3) is 0.458. The molecule has 8 heteroatoms. The SMILES string of the molecule is CCN(CC)c1ccc(C2C(C(=O)c3sc(C)nc3C)=C(O)C(=O)N2CCCOC)cc1. The Kier molecular flexibility index (Phi) is 7.69. The number of aliphatic hydroxyl groups is 1. The van der Waals surface area contributed by atoms with Crippen molar-refractivity contribution in [2.24, 2.45) is 0 Å². The quantitative estimate of drug-likeness (QED) is 0.425. The highest BCUT2D eigenvalue weighted by Crippen LogP contribution is 2.40. The van der Waals surface area contributed by atoms with Crippen molar-refractivity contribution in [3.8, 4) is 0 Å². The summed E-state index contributed by atoms with van der Waals surface area (Å²) in [6.07, 6.45) is 0.601. The Balaban J connectivity index is 2.04. The van der Waals surface area contributed by atoms with Crippen LogP contribution < -0.4 is 4.90 Å². The first-order valence-electron chi connectivity index (χ1n) is 10.9. The predicted molar refractivity (Wildman–Crippen MR) is 127 cm³/mol. The van der Waals surface area contributed by atoms with Crippen molar-refractivity contribution in [3.63, 3.8) is 0 Å². The van der Waals surface area contributed by atoms with Crippen LogP contribution in [0.25, 0.3) is 0 Å². The molecule has 0 fully saturated rings. The van der Waals surface area contributed by atoms with Crippen LogP contribution in [0.4, 0.5) is 5.69 Å². The van der Waals surface area contributed by atoms with Gasteiger partial charge >= 0.3 is 0 Å². The molecular weight excluding hydrogens is 426 g/mol. The van der Waals surface area contributed by atoms with Crippen LogP contribution in [-0.2, 0) is 9.53 Å². The Morgan fingerprint density at radius 2 is 1.88 bits per heavy atom. The van der Waals surface area contributed by atoms with E-state index in [1.165, 1.54) is 11.3 Å². The molecule has 0 aliphatic carbocycles. The van der Waals surface area contributed by atoms with Crippen molar-refractivity contribution in [3.05, 3.63) is 56.7 Å². The molecule has 3 rings (SSSR count). The summed E-state index contributed by atoms with van der Waals surface area (Å²) < 4.78 is 5.14. The van der Waals surface area contributed by atoms with Gasteiger partial charge in [0, 0.05) is 39.0 Å². The average Bonchev–Trinajstić information content (AvgIpc) is 3.25. The molecule has 1 aromatic carbocycles. The zero-order valence-electron chi connectivity index (χ0n) is 19.3. The van der Waals surface area contributed by atoms with Gasteiger partial charge in [0.25, 0.3) is 5.91 Å². The van der Waals surface area contributed by atoms with Gasteiger partial charge in [-0.2, -0.15) is 0 Å². The molecule has 1 atom stereocenters. The van der Waals surface area contributed by atoms with Gasteiger partial charge in [0.2, 0.25) is 5.78 Å². The molecule has 0 bridgehead atoms. The van der Waals surface area contributed by atoms with E-state index in [-0.39, 0.29) is 11.4 Å². The largest absolute Gasteiger partial charge is 0.503 e. The van der Waals surface area contributed by atoms with E-state index < -0.39 is 17.7 Å². The summed E-state index contributed by atoms with van der Waals surface area (Å²) in [6, 6.07) is 7.22. The number of aliphatic hydroxyl groups excluding tert-OH is 1. The number of carbonyl (C=O) groups is 2. The van der Waals surface area contributed by atoms with Crippen LogP contribution in [0.3, 0.4) is 0 Å². The normalized spacial score (nSPS) is 16.2. The minimum Gasteiger partial charge on any atom is -0.503 e. The van der Waals surface area contributed by atoms with Gasteiger partial charge in [-0.25, -0.2) is 4.98 Å². The molecule has 7 nitrogen and oxygen atoms in total. The summed E-state index contributed by atoms with van der Waals surface area (Å²) in [5.74, 6) is -1.34. The summed E-state index contributed by atoms with van der Waals surface area (Å²) in [6.45, 7) is 10.4. The van der Waals surface area contributed by atoms with Gasteiger partial charge in [0.1, 0.15) is 0 Å². The standard InChI is InChI=1S/C24H31N3O4S/c1-6-26(7-2)18-11-9-17(10-12-18)20-19(21(28)23-15(3)25-16(4)32-23)22(29)24(30)27(20)13-8-14-31-5/h9-12,20,29H,6-8,13-14H2,1-5H3. The molecular formula is C24H31N3O4S. The van der Waals surface area contributed by atoms with E-state index in [1.807, 2.05) is 31.2 Å². The minimum absolute atomic E-state index is 0.120. The highest BCUT2D eigenvalue weighted by Gasteiger charge is 2.44. The van der Waals surface area contributed by atoms with Gasteiger partial charge < -0.3 is 19.6 Å². The number of hydrogen-bond acceptors (Lipinski definition) is 7. The van der Waals surface area contributed by atoms with Crippen molar-refractivity contribution in [1.82, 2.24) is 9.88 Å². The van der Waals surface area contributed by atoms with Gasteiger partial charge in [0.15, 0.2) is 5.76 Å². The smallest absolute Gasteiger partial charge is 0.290 e. The molecule has 2 heterocycles. The number of Topliss-reactive ketones (excluding diaryl/α,β-unsaturated/α-hetero) is 1. The second-order valence-corrected chi connectivity index (χ2v) is 8.95. The van der Waals surface area contributed by atoms with Crippen LogP contribution in [0.2, 0.25) is 0 Å². The van der Waals surface area contributed by atoms with E-state index in [4.69, 9.17) is 4.74 Å². The molecule has 0 saturated carbocycles. The Hall–Kier alpha value is -2.71. The van der Waals surface area contributed by atoms with Crippen molar-refractivity contribution in [2.75, 3.05) is 38.3 Å². The van der Waals surface area contributed by atoms with Crippen LogP contribution in [0.1, 0.15) is 52.2 Å². The van der Waals surface area contributed by atoms with Crippen molar-refractivity contribution in [1.29, 1.82) is 0 Å². The first-order chi connectivity index (χ1) is 15.3. The lowest BCUT2D eigenvalue weighted by Gasteiger charge is -2.28. The summed E-state index contributed by atoms with van der Waals surface area (Å²) in [4.78, 5) is 35.1. The third-order valence-electron chi connectivity index (χ3n) is 5.74. The highest BCUT2D eigenvalue weighted by atomic mass is 32.1. The molecule has 1 aliphatic rings. The maximum atomic E-state index is 13.5. The van der Waals surface area contributed by atoms with E-state index in [2.05, 4.69) is 23.7 Å².